The maximum atomic E-state index is 13.6. The average molecular weight is 592 g/mol. The number of carbonyl (C=O) groups excluding carboxylic acids is 2. The van der Waals surface area contributed by atoms with Gasteiger partial charge in [-0.05, 0) is 48.7 Å². The van der Waals surface area contributed by atoms with Crippen molar-refractivity contribution in [3.8, 4) is 5.75 Å². The van der Waals surface area contributed by atoms with Crippen LogP contribution in [0.1, 0.15) is 31.4 Å². The van der Waals surface area contributed by atoms with Crippen LogP contribution < -0.4 is 10.1 Å². The van der Waals surface area contributed by atoms with Crippen LogP contribution in [0.4, 0.5) is 0 Å². The quantitative estimate of drug-likeness (QED) is 0.270. The fourth-order valence-electron chi connectivity index (χ4n) is 3.62. The van der Waals surface area contributed by atoms with Crippen molar-refractivity contribution in [2.75, 3.05) is 6.61 Å². The van der Waals surface area contributed by atoms with Crippen LogP contribution in [0.2, 0.25) is 10.0 Å². The van der Waals surface area contributed by atoms with E-state index in [0.717, 1.165) is 22.0 Å². The molecule has 2 amide bonds. The van der Waals surface area contributed by atoms with Crippen LogP contribution in [-0.2, 0) is 22.6 Å². The van der Waals surface area contributed by atoms with Crippen LogP contribution in [0.5, 0.6) is 5.75 Å². The first-order valence-electron chi connectivity index (χ1n) is 11.7. The van der Waals surface area contributed by atoms with Crippen molar-refractivity contribution in [2.24, 2.45) is 0 Å². The first-order valence-corrected chi connectivity index (χ1v) is 13.3. The second-order valence-electron chi connectivity index (χ2n) is 8.50. The third kappa shape index (κ3) is 7.99. The number of benzene rings is 3. The summed E-state index contributed by atoms with van der Waals surface area (Å²) in [6.07, 6.45) is 1.12. The molecule has 3 rings (SSSR count). The number of halogens is 3. The summed E-state index contributed by atoms with van der Waals surface area (Å²) < 4.78 is 6.58. The van der Waals surface area contributed by atoms with Crippen LogP contribution in [0.15, 0.2) is 77.3 Å². The molecule has 0 heterocycles. The fourth-order valence-corrected chi connectivity index (χ4v) is 4.54. The highest BCUT2D eigenvalue weighted by molar-refractivity contribution is 9.10. The van der Waals surface area contributed by atoms with Gasteiger partial charge in [0.05, 0.1) is 5.02 Å². The number of ether oxygens (including phenoxy) is 1. The number of rotatable bonds is 11. The molecule has 190 valence electrons. The molecule has 5 nitrogen and oxygen atoms in total. The molecular weight excluding hydrogens is 563 g/mol. The standard InChI is InChI=1S/C28H29BrCl2N2O3/c1-3-19(2)32-28(35)25(15-20-9-5-4-6-10-20)33(17-21-11-7-8-12-23(21)30)27(34)18-36-26-14-13-22(29)16-24(26)31/h4-14,16,19,25H,3,15,17-18H2,1-2H3,(H,32,35). The van der Waals surface area contributed by atoms with Crippen LogP contribution in [0.3, 0.4) is 0 Å². The second kappa shape index (κ2) is 13.7. The zero-order valence-electron chi connectivity index (χ0n) is 20.2. The van der Waals surface area contributed by atoms with Crippen molar-refractivity contribution in [3.63, 3.8) is 0 Å². The first kappa shape index (κ1) is 28.0. The molecule has 0 spiro atoms. The van der Waals surface area contributed by atoms with Crippen LogP contribution in [0, 0.1) is 0 Å². The molecular formula is C28H29BrCl2N2O3. The molecule has 0 saturated carbocycles. The van der Waals surface area contributed by atoms with E-state index in [1.54, 1.807) is 29.2 Å². The van der Waals surface area contributed by atoms with Crippen molar-refractivity contribution in [3.05, 3.63) is 98.4 Å². The molecule has 0 radical (unpaired) electrons. The Morgan fingerprint density at radius 1 is 1.00 bits per heavy atom. The molecule has 0 aliphatic carbocycles. The summed E-state index contributed by atoms with van der Waals surface area (Å²) in [6, 6.07) is 21.3. The Morgan fingerprint density at radius 2 is 1.69 bits per heavy atom. The van der Waals surface area contributed by atoms with E-state index in [2.05, 4.69) is 21.2 Å². The minimum atomic E-state index is -0.769. The number of hydrogen-bond acceptors (Lipinski definition) is 3. The molecule has 2 atom stereocenters. The van der Waals surface area contributed by atoms with Gasteiger partial charge >= 0.3 is 0 Å². The lowest BCUT2D eigenvalue weighted by Crippen LogP contribution is -2.53. The van der Waals surface area contributed by atoms with Gasteiger partial charge in [-0.1, -0.05) is 94.6 Å². The highest BCUT2D eigenvalue weighted by Gasteiger charge is 2.31. The minimum absolute atomic E-state index is 0.0362. The van der Waals surface area contributed by atoms with Crippen LogP contribution in [-0.4, -0.2) is 35.4 Å². The number of amides is 2. The topological polar surface area (TPSA) is 58.6 Å². The van der Waals surface area contributed by atoms with Crippen LogP contribution >= 0.6 is 39.1 Å². The van der Waals surface area contributed by atoms with E-state index < -0.39 is 6.04 Å². The van der Waals surface area contributed by atoms with Gasteiger partial charge in [0.1, 0.15) is 11.8 Å². The lowest BCUT2D eigenvalue weighted by Gasteiger charge is -2.32. The largest absolute Gasteiger partial charge is 0.482 e. The van der Waals surface area contributed by atoms with E-state index in [4.69, 9.17) is 27.9 Å². The van der Waals surface area contributed by atoms with Gasteiger partial charge in [-0.15, -0.1) is 0 Å². The molecule has 0 saturated heterocycles. The third-order valence-corrected chi connectivity index (χ3v) is 6.97. The van der Waals surface area contributed by atoms with E-state index in [1.807, 2.05) is 62.4 Å². The predicted octanol–water partition coefficient (Wildman–Crippen LogP) is 6.69. The predicted molar refractivity (Wildman–Crippen MR) is 148 cm³/mol. The van der Waals surface area contributed by atoms with E-state index in [9.17, 15) is 9.59 Å². The normalized spacial score (nSPS) is 12.5. The summed E-state index contributed by atoms with van der Waals surface area (Å²) in [6.45, 7) is 3.81. The Labute approximate surface area is 230 Å². The van der Waals surface area contributed by atoms with Crippen molar-refractivity contribution in [2.45, 2.75) is 45.3 Å². The minimum Gasteiger partial charge on any atom is -0.482 e. The molecule has 0 bridgehead atoms. The molecule has 0 aliphatic rings. The highest BCUT2D eigenvalue weighted by atomic mass is 79.9. The maximum absolute atomic E-state index is 13.6. The monoisotopic (exact) mass is 590 g/mol. The van der Waals surface area contributed by atoms with Gasteiger partial charge in [0.25, 0.3) is 5.91 Å². The van der Waals surface area contributed by atoms with E-state index in [0.29, 0.717) is 22.2 Å². The lowest BCUT2D eigenvalue weighted by atomic mass is 10.0. The summed E-state index contributed by atoms with van der Waals surface area (Å²) >= 11 is 16.1. The van der Waals surface area contributed by atoms with Gasteiger partial charge < -0.3 is 15.0 Å². The molecule has 0 aromatic heterocycles. The van der Waals surface area contributed by atoms with Gasteiger partial charge in [0.15, 0.2) is 6.61 Å². The Morgan fingerprint density at radius 3 is 2.36 bits per heavy atom. The Hall–Kier alpha value is -2.54. The molecule has 8 heteroatoms. The number of hydrogen-bond donors (Lipinski definition) is 1. The van der Waals surface area contributed by atoms with E-state index in [-0.39, 0.29) is 31.0 Å². The summed E-state index contributed by atoms with van der Waals surface area (Å²) in [4.78, 5) is 28.7. The summed E-state index contributed by atoms with van der Waals surface area (Å²) in [5.41, 5.74) is 1.68. The van der Waals surface area contributed by atoms with Gasteiger partial charge in [-0.2, -0.15) is 0 Å². The van der Waals surface area contributed by atoms with E-state index >= 15 is 0 Å². The van der Waals surface area contributed by atoms with Gasteiger partial charge in [-0.3, -0.25) is 9.59 Å². The van der Waals surface area contributed by atoms with Crippen molar-refractivity contribution >= 4 is 50.9 Å². The van der Waals surface area contributed by atoms with E-state index in [1.165, 1.54) is 0 Å². The molecule has 36 heavy (non-hydrogen) atoms. The Balaban J connectivity index is 1.93. The highest BCUT2D eigenvalue weighted by Crippen LogP contribution is 2.28. The number of nitrogens with one attached hydrogen (secondary N) is 1. The number of carbonyl (C=O) groups is 2. The van der Waals surface area contributed by atoms with Crippen molar-refractivity contribution < 1.29 is 14.3 Å². The smallest absolute Gasteiger partial charge is 0.261 e. The molecule has 2 unspecified atom stereocenters. The van der Waals surface area contributed by atoms with Crippen LogP contribution in [0.25, 0.3) is 0 Å². The molecule has 3 aromatic rings. The Bertz CT molecular complexity index is 1180. The average Bonchev–Trinajstić information content (AvgIpc) is 2.87. The molecule has 3 aromatic carbocycles. The molecule has 0 aliphatic heterocycles. The van der Waals surface area contributed by atoms with Crippen molar-refractivity contribution in [1.29, 1.82) is 0 Å². The zero-order chi connectivity index (χ0) is 26.1. The SMILES string of the molecule is CCC(C)NC(=O)C(Cc1ccccc1)N(Cc1ccccc1Cl)C(=O)COc1ccc(Br)cc1Cl. The van der Waals surface area contributed by atoms with Gasteiger partial charge in [0.2, 0.25) is 5.91 Å². The zero-order valence-corrected chi connectivity index (χ0v) is 23.3. The lowest BCUT2D eigenvalue weighted by molar-refractivity contribution is -0.143. The molecule has 0 fully saturated rings. The van der Waals surface area contributed by atoms with Crippen molar-refractivity contribution in [1.82, 2.24) is 10.2 Å². The Kier molecular flexibility index (Phi) is 10.7. The second-order valence-corrected chi connectivity index (χ2v) is 10.2. The summed E-state index contributed by atoms with van der Waals surface area (Å²) in [7, 11) is 0. The van der Waals surface area contributed by atoms with Gasteiger partial charge in [0, 0.05) is 28.5 Å². The van der Waals surface area contributed by atoms with Gasteiger partial charge in [-0.25, -0.2) is 0 Å². The summed E-state index contributed by atoms with van der Waals surface area (Å²) in [5, 5.41) is 3.94. The maximum Gasteiger partial charge on any atom is 0.261 e. The fraction of sp³-hybridized carbons (Fsp3) is 0.286. The first-order chi connectivity index (χ1) is 17.3. The number of nitrogens with zero attached hydrogens (tertiary/aromatic N) is 1. The summed E-state index contributed by atoms with van der Waals surface area (Å²) in [5.74, 6) is -0.195. The molecule has 1 N–H and O–H groups in total. The third-order valence-electron chi connectivity index (χ3n) is 5.82.